The fourth-order valence-electron chi connectivity index (χ4n) is 7.67. The van der Waals surface area contributed by atoms with Crippen molar-refractivity contribution in [2.45, 2.75) is 77.2 Å². The molecule has 4 aliphatic carbocycles. The van der Waals surface area contributed by atoms with Crippen molar-refractivity contribution in [2.24, 2.45) is 28.1 Å². The number of hydrogen-bond acceptors (Lipinski definition) is 2. The molecular weight excluding hydrogens is 272 g/mol. The SMILES string of the molecule is C=C1C[C@]23CC[C@@H]4[C@](C)(CO)CCC[C@@]4(C)[C@@H]2CC[C@@]1(O)C3. The van der Waals surface area contributed by atoms with Crippen molar-refractivity contribution in [3.8, 4) is 0 Å². The van der Waals surface area contributed by atoms with E-state index in [9.17, 15) is 10.2 Å². The zero-order chi connectivity index (χ0) is 15.8. The van der Waals surface area contributed by atoms with Crippen LogP contribution >= 0.6 is 0 Å². The average molecular weight is 304 g/mol. The zero-order valence-electron chi connectivity index (χ0n) is 14.3. The molecule has 0 aromatic carbocycles. The van der Waals surface area contributed by atoms with E-state index in [0.717, 1.165) is 31.3 Å². The van der Waals surface area contributed by atoms with Crippen LogP contribution in [0, 0.1) is 28.1 Å². The highest BCUT2D eigenvalue weighted by molar-refractivity contribution is 5.29. The molecule has 2 N–H and O–H groups in total. The summed E-state index contributed by atoms with van der Waals surface area (Å²) in [6, 6.07) is 0. The molecule has 2 nitrogen and oxygen atoms in total. The Balaban J connectivity index is 1.74. The summed E-state index contributed by atoms with van der Waals surface area (Å²) < 4.78 is 0. The normalized spacial score (nSPS) is 57.4. The first-order chi connectivity index (χ1) is 10.3. The van der Waals surface area contributed by atoms with Gasteiger partial charge in [-0.05, 0) is 85.0 Å². The standard InChI is InChI=1S/C20H32O2/c1-14-11-19-9-5-15-17(2,13-21)7-4-8-18(15,3)16(19)6-10-20(14,22)12-19/h15-16,21-22H,1,4-13H2,2-3H3/t15-,16+,17+,18-,19+,20-/m1/s1. The fraction of sp³-hybridized carbons (Fsp3) is 0.900. The van der Waals surface area contributed by atoms with Gasteiger partial charge in [0.05, 0.1) is 5.60 Å². The van der Waals surface area contributed by atoms with E-state index in [1.54, 1.807) is 0 Å². The fourth-order valence-corrected chi connectivity index (χ4v) is 7.67. The maximum Gasteiger partial charge on any atom is 0.0860 e. The zero-order valence-corrected chi connectivity index (χ0v) is 14.3. The molecule has 0 aromatic heterocycles. The second-order valence-corrected chi connectivity index (χ2v) is 9.71. The van der Waals surface area contributed by atoms with Crippen LogP contribution in [0.25, 0.3) is 0 Å². The largest absolute Gasteiger partial charge is 0.396 e. The second kappa shape index (κ2) is 4.39. The van der Waals surface area contributed by atoms with Gasteiger partial charge in [-0.3, -0.25) is 0 Å². The average Bonchev–Trinajstić information content (AvgIpc) is 2.64. The molecule has 4 saturated carbocycles. The van der Waals surface area contributed by atoms with Crippen LogP contribution in [0.4, 0.5) is 0 Å². The van der Waals surface area contributed by atoms with Gasteiger partial charge in [0.15, 0.2) is 0 Å². The summed E-state index contributed by atoms with van der Waals surface area (Å²) in [6.07, 6.45) is 10.3. The highest BCUT2D eigenvalue weighted by Gasteiger charge is 2.66. The van der Waals surface area contributed by atoms with Crippen molar-refractivity contribution in [3.63, 3.8) is 0 Å². The van der Waals surface area contributed by atoms with Gasteiger partial charge in [-0.25, -0.2) is 0 Å². The van der Waals surface area contributed by atoms with Crippen LogP contribution < -0.4 is 0 Å². The van der Waals surface area contributed by atoms with Crippen molar-refractivity contribution in [2.75, 3.05) is 6.61 Å². The van der Waals surface area contributed by atoms with Gasteiger partial charge in [0.25, 0.3) is 0 Å². The molecule has 0 radical (unpaired) electrons. The van der Waals surface area contributed by atoms with Crippen LogP contribution in [-0.2, 0) is 0 Å². The third kappa shape index (κ3) is 1.69. The maximum atomic E-state index is 10.9. The molecule has 6 atom stereocenters. The van der Waals surface area contributed by atoms with Gasteiger partial charge < -0.3 is 10.2 Å². The highest BCUT2D eigenvalue weighted by atomic mass is 16.3. The highest BCUT2D eigenvalue weighted by Crippen LogP contribution is 2.72. The van der Waals surface area contributed by atoms with E-state index >= 15 is 0 Å². The number of hydrogen-bond donors (Lipinski definition) is 2. The predicted molar refractivity (Wildman–Crippen MR) is 88.4 cm³/mol. The van der Waals surface area contributed by atoms with Crippen LogP contribution in [0.3, 0.4) is 0 Å². The van der Waals surface area contributed by atoms with Crippen LogP contribution in [0.15, 0.2) is 12.2 Å². The molecular formula is C20H32O2. The van der Waals surface area contributed by atoms with Gasteiger partial charge in [-0.15, -0.1) is 0 Å². The number of rotatable bonds is 1. The molecule has 2 heteroatoms. The third-order valence-corrected chi connectivity index (χ3v) is 8.64. The van der Waals surface area contributed by atoms with E-state index in [-0.39, 0.29) is 5.41 Å². The number of aliphatic hydroxyl groups excluding tert-OH is 1. The molecule has 0 aromatic rings. The Bertz CT molecular complexity index is 514. The van der Waals surface area contributed by atoms with E-state index < -0.39 is 5.60 Å². The maximum absolute atomic E-state index is 10.9. The summed E-state index contributed by atoms with van der Waals surface area (Å²) in [5.41, 5.74) is 1.31. The van der Waals surface area contributed by atoms with Gasteiger partial charge in [-0.2, -0.15) is 0 Å². The summed E-state index contributed by atoms with van der Waals surface area (Å²) in [5.74, 6) is 1.36. The lowest BCUT2D eigenvalue weighted by atomic mass is 9.41. The molecule has 0 saturated heterocycles. The number of fused-ring (bicyclic) bond motifs is 3. The van der Waals surface area contributed by atoms with Crippen LogP contribution in [-0.4, -0.2) is 22.4 Å². The monoisotopic (exact) mass is 304 g/mol. The summed E-state index contributed by atoms with van der Waals surface area (Å²) in [4.78, 5) is 0. The third-order valence-electron chi connectivity index (χ3n) is 8.64. The minimum Gasteiger partial charge on any atom is -0.396 e. The Morgan fingerprint density at radius 1 is 1.09 bits per heavy atom. The van der Waals surface area contributed by atoms with Gasteiger partial charge in [0.1, 0.15) is 0 Å². The van der Waals surface area contributed by atoms with Crippen LogP contribution in [0.5, 0.6) is 0 Å². The Morgan fingerprint density at radius 2 is 1.82 bits per heavy atom. The number of aliphatic hydroxyl groups is 2. The van der Waals surface area contributed by atoms with Gasteiger partial charge in [0, 0.05) is 6.61 Å². The van der Waals surface area contributed by atoms with Crippen molar-refractivity contribution >= 4 is 0 Å². The molecule has 0 aliphatic heterocycles. The summed E-state index contributed by atoms with van der Waals surface area (Å²) in [7, 11) is 0. The molecule has 22 heavy (non-hydrogen) atoms. The van der Waals surface area contributed by atoms with E-state index in [4.69, 9.17) is 0 Å². The van der Waals surface area contributed by atoms with Crippen molar-refractivity contribution in [1.82, 2.24) is 0 Å². The molecule has 4 rings (SSSR count). The first-order valence-electron chi connectivity index (χ1n) is 9.30. The molecule has 2 bridgehead atoms. The van der Waals surface area contributed by atoms with Crippen molar-refractivity contribution in [3.05, 3.63) is 12.2 Å². The van der Waals surface area contributed by atoms with Crippen LogP contribution in [0.1, 0.15) is 71.6 Å². The first kappa shape index (κ1) is 15.2. The van der Waals surface area contributed by atoms with Gasteiger partial charge in [0.2, 0.25) is 0 Å². The molecule has 0 unspecified atom stereocenters. The van der Waals surface area contributed by atoms with Crippen molar-refractivity contribution in [1.29, 1.82) is 0 Å². The lowest BCUT2D eigenvalue weighted by Gasteiger charge is -2.64. The smallest absolute Gasteiger partial charge is 0.0860 e. The lowest BCUT2D eigenvalue weighted by molar-refractivity contribution is -0.171. The van der Waals surface area contributed by atoms with E-state index in [0.29, 0.717) is 29.3 Å². The van der Waals surface area contributed by atoms with Gasteiger partial charge in [-0.1, -0.05) is 26.8 Å². The predicted octanol–water partition coefficient (Wildman–Crippen LogP) is 4.06. The Kier molecular flexibility index (Phi) is 3.03. The molecule has 1 spiro atoms. The van der Waals surface area contributed by atoms with Gasteiger partial charge >= 0.3 is 0 Å². The second-order valence-electron chi connectivity index (χ2n) is 9.71. The molecule has 0 amide bonds. The first-order valence-corrected chi connectivity index (χ1v) is 9.30. The minimum absolute atomic E-state index is 0.109. The molecule has 0 heterocycles. The van der Waals surface area contributed by atoms with Crippen LogP contribution in [0.2, 0.25) is 0 Å². The quantitative estimate of drug-likeness (QED) is 0.717. The Hall–Kier alpha value is -0.340. The Morgan fingerprint density at radius 3 is 2.55 bits per heavy atom. The molecule has 4 aliphatic rings. The van der Waals surface area contributed by atoms with Crippen molar-refractivity contribution < 1.29 is 10.2 Å². The summed E-state index contributed by atoms with van der Waals surface area (Å²) in [6.45, 7) is 9.41. The Labute approximate surface area is 135 Å². The van der Waals surface area contributed by atoms with E-state index in [1.807, 2.05) is 0 Å². The summed E-state index contributed by atoms with van der Waals surface area (Å²) in [5, 5.41) is 21.0. The lowest BCUT2D eigenvalue weighted by Crippen LogP contribution is -2.58. The van der Waals surface area contributed by atoms with E-state index in [2.05, 4.69) is 20.4 Å². The molecule has 4 fully saturated rings. The minimum atomic E-state index is -0.561. The summed E-state index contributed by atoms with van der Waals surface area (Å²) >= 11 is 0. The van der Waals surface area contributed by atoms with E-state index in [1.165, 1.54) is 32.1 Å². The molecule has 124 valence electrons. The topological polar surface area (TPSA) is 40.5 Å².